The van der Waals surface area contributed by atoms with E-state index in [1.54, 1.807) is 24.4 Å². The predicted octanol–water partition coefficient (Wildman–Crippen LogP) is 5.98. The minimum atomic E-state index is -0.280. The standard InChI is InChI=1S/C26H19FN2O2/c27-23-12-9-19(10-13-23)17-30-26-14-11-20-5-3-4-8-24(20)25(26)16-29-31-18-22-7-2-1-6-21(22)15-28/h1-14,16H,17-18H2/b29-16-. The van der Waals surface area contributed by atoms with E-state index in [0.717, 1.165) is 27.5 Å². The molecule has 4 rings (SSSR count). The smallest absolute Gasteiger partial charge is 0.143 e. The van der Waals surface area contributed by atoms with Gasteiger partial charge in [-0.1, -0.05) is 65.8 Å². The van der Waals surface area contributed by atoms with Crippen molar-refractivity contribution in [2.24, 2.45) is 5.16 Å². The Balaban J connectivity index is 1.55. The van der Waals surface area contributed by atoms with E-state index in [1.807, 2.05) is 54.6 Å². The monoisotopic (exact) mass is 410 g/mol. The van der Waals surface area contributed by atoms with Crippen molar-refractivity contribution in [3.63, 3.8) is 0 Å². The highest BCUT2D eigenvalue weighted by molar-refractivity contribution is 6.02. The summed E-state index contributed by atoms with van der Waals surface area (Å²) in [5.41, 5.74) is 2.98. The van der Waals surface area contributed by atoms with Crippen molar-refractivity contribution in [1.82, 2.24) is 0 Å². The molecular weight excluding hydrogens is 391 g/mol. The fourth-order valence-corrected chi connectivity index (χ4v) is 3.23. The van der Waals surface area contributed by atoms with E-state index >= 15 is 0 Å². The van der Waals surface area contributed by atoms with Gasteiger partial charge in [0.05, 0.1) is 17.8 Å². The molecular formula is C26H19FN2O2. The number of halogens is 1. The summed E-state index contributed by atoms with van der Waals surface area (Å²) >= 11 is 0. The first-order chi connectivity index (χ1) is 15.2. The van der Waals surface area contributed by atoms with Crippen LogP contribution in [0.5, 0.6) is 5.75 Å². The molecule has 31 heavy (non-hydrogen) atoms. The predicted molar refractivity (Wildman–Crippen MR) is 118 cm³/mol. The van der Waals surface area contributed by atoms with E-state index in [2.05, 4.69) is 11.2 Å². The maximum absolute atomic E-state index is 13.1. The Morgan fingerprint density at radius 2 is 1.65 bits per heavy atom. The molecule has 0 atom stereocenters. The molecule has 0 saturated carbocycles. The number of fused-ring (bicyclic) bond motifs is 1. The Hall–Kier alpha value is -4.17. The number of nitriles is 1. The van der Waals surface area contributed by atoms with Gasteiger partial charge in [-0.25, -0.2) is 4.39 Å². The summed E-state index contributed by atoms with van der Waals surface area (Å²) in [7, 11) is 0. The van der Waals surface area contributed by atoms with Crippen LogP contribution in [0.3, 0.4) is 0 Å². The lowest BCUT2D eigenvalue weighted by molar-refractivity contribution is 0.132. The van der Waals surface area contributed by atoms with Crippen LogP contribution < -0.4 is 4.74 Å². The quantitative estimate of drug-likeness (QED) is 0.278. The van der Waals surface area contributed by atoms with E-state index in [0.29, 0.717) is 17.9 Å². The van der Waals surface area contributed by atoms with Gasteiger partial charge in [0.25, 0.3) is 0 Å². The second kappa shape index (κ2) is 9.55. The summed E-state index contributed by atoms with van der Waals surface area (Å²) in [5, 5.41) is 15.3. The van der Waals surface area contributed by atoms with E-state index in [9.17, 15) is 9.65 Å². The van der Waals surface area contributed by atoms with Gasteiger partial charge in [-0.05, 0) is 40.6 Å². The van der Waals surface area contributed by atoms with E-state index in [-0.39, 0.29) is 12.4 Å². The summed E-state index contributed by atoms with van der Waals surface area (Å²) in [4.78, 5) is 5.47. The van der Waals surface area contributed by atoms with Gasteiger partial charge in [0.1, 0.15) is 24.8 Å². The molecule has 0 heterocycles. The molecule has 0 bridgehead atoms. The molecule has 0 aliphatic carbocycles. The molecule has 0 N–H and O–H groups in total. The molecule has 0 spiro atoms. The molecule has 4 nitrogen and oxygen atoms in total. The number of ether oxygens (including phenoxy) is 1. The van der Waals surface area contributed by atoms with Crippen molar-refractivity contribution in [2.45, 2.75) is 13.2 Å². The minimum Gasteiger partial charge on any atom is -0.488 e. The van der Waals surface area contributed by atoms with Crippen LogP contribution in [0.15, 0.2) is 90.1 Å². The first-order valence-corrected chi connectivity index (χ1v) is 9.77. The number of benzene rings is 4. The Bertz CT molecular complexity index is 1260. The average molecular weight is 410 g/mol. The first-order valence-electron chi connectivity index (χ1n) is 9.77. The van der Waals surface area contributed by atoms with Crippen LogP contribution >= 0.6 is 0 Å². The van der Waals surface area contributed by atoms with Crippen molar-refractivity contribution in [2.75, 3.05) is 0 Å². The summed E-state index contributed by atoms with van der Waals surface area (Å²) in [6.07, 6.45) is 1.62. The van der Waals surface area contributed by atoms with Gasteiger partial charge in [0.15, 0.2) is 0 Å². The molecule has 0 aliphatic rings. The Labute approximate surface area is 179 Å². The van der Waals surface area contributed by atoms with Crippen molar-refractivity contribution < 1.29 is 14.0 Å². The number of rotatable bonds is 7. The third-order valence-corrected chi connectivity index (χ3v) is 4.85. The molecule has 4 aromatic carbocycles. The third kappa shape index (κ3) is 4.88. The summed E-state index contributed by atoms with van der Waals surface area (Å²) in [5.74, 6) is 0.366. The van der Waals surface area contributed by atoms with Crippen molar-refractivity contribution in [1.29, 1.82) is 5.26 Å². The van der Waals surface area contributed by atoms with Crippen LogP contribution in [0, 0.1) is 17.1 Å². The van der Waals surface area contributed by atoms with Gasteiger partial charge in [-0.3, -0.25) is 0 Å². The minimum absolute atomic E-state index is 0.191. The van der Waals surface area contributed by atoms with Gasteiger partial charge in [0, 0.05) is 11.1 Å². The van der Waals surface area contributed by atoms with Gasteiger partial charge >= 0.3 is 0 Å². The fraction of sp³-hybridized carbons (Fsp3) is 0.0769. The number of hydrogen-bond acceptors (Lipinski definition) is 4. The number of nitrogens with zero attached hydrogens (tertiary/aromatic N) is 2. The average Bonchev–Trinajstić information content (AvgIpc) is 2.82. The zero-order chi connectivity index (χ0) is 21.5. The third-order valence-electron chi connectivity index (χ3n) is 4.85. The normalized spacial score (nSPS) is 10.8. The highest BCUT2D eigenvalue weighted by atomic mass is 19.1. The lowest BCUT2D eigenvalue weighted by atomic mass is 10.0. The Morgan fingerprint density at radius 1 is 0.871 bits per heavy atom. The topological polar surface area (TPSA) is 54.6 Å². The zero-order valence-electron chi connectivity index (χ0n) is 16.7. The first kappa shape index (κ1) is 20.1. The molecule has 152 valence electrons. The lowest BCUT2D eigenvalue weighted by Crippen LogP contribution is -2.00. The molecule has 4 aromatic rings. The lowest BCUT2D eigenvalue weighted by Gasteiger charge is -2.12. The maximum atomic E-state index is 13.1. The highest BCUT2D eigenvalue weighted by Crippen LogP contribution is 2.27. The largest absolute Gasteiger partial charge is 0.488 e. The van der Waals surface area contributed by atoms with Crippen LogP contribution in [0.25, 0.3) is 10.8 Å². The van der Waals surface area contributed by atoms with Crippen LogP contribution in [-0.2, 0) is 18.1 Å². The Morgan fingerprint density at radius 3 is 2.48 bits per heavy atom. The molecule has 0 fully saturated rings. The molecule has 5 heteroatoms. The molecule has 0 aromatic heterocycles. The van der Waals surface area contributed by atoms with Crippen LogP contribution in [0.4, 0.5) is 4.39 Å². The van der Waals surface area contributed by atoms with E-state index < -0.39 is 0 Å². The Kier molecular flexibility index (Phi) is 6.20. The van der Waals surface area contributed by atoms with Crippen LogP contribution in [0.1, 0.15) is 22.3 Å². The van der Waals surface area contributed by atoms with Crippen molar-refractivity contribution in [3.8, 4) is 11.8 Å². The van der Waals surface area contributed by atoms with Crippen molar-refractivity contribution >= 4 is 17.0 Å². The highest BCUT2D eigenvalue weighted by Gasteiger charge is 2.08. The van der Waals surface area contributed by atoms with Gasteiger partial charge in [-0.2, -0.15) is 5.26 Å². The summed E-state index contributed by atoms with van der Waals surface area (Å²) < 4.78 is 19.2. The SMILES string of the molecule is N#Cc1ccccc1CO/N=C\c1c(OCc2ccc(F)cc2)ccc2ccccc12. The molecule has 0 aliphatic heterocycles. The van der Waals surface area contributed by atoms with Gasteiger partial charge in [0.2, 0.25) is 0 Å². The van der Waals surface area contributed by atoms with Gasteiger partial charge < -0.3 is 9.57 Å². The second-order valence-electron chi connectivity index (χ2n) is 6.89. The molecule has 0 unspecified atom stereocenters. The maximum Gasteiger partial charge on any atom is 0.143 e. The molecule has 0 saturated heterocycles. The second-order valence-corrected chi connectivity index (χ2v) is 6.89. The molecule has 0 radical (unpaired) electrons. The van der Waals surface area contributed by atoms with Crippen LogP contribution in [-0.4, -0.2) is 6.21 Å². The van der Waals surface area contributed by atoms with E-state index in [1.165, 1.54) is 12.1 Å². The summed E-state index contributed by atoms with van der Waals surface area (Å²) in [6.45, 7) is 0.493. The zero-order valence-corrected chi connectivity index (χ0v) is 16.7. The van der Waals surface area contributed by atoms with Crippen molar-refractivity contribution in [3.05, 3.63) is 113 Å². The van der Waals surface area contributed by atoms with Gasteiger partial charge in [-0.15, -0.1) is 0 Å². The number of oxime groups is 1. The van der Waals surface area contributed by atoms with E-state index in [4.69, 9.17) is 9.57 Å². The summed E-state index contributed by atoms with van der Waals surface area (Å²) in [6, 6.07) is 27.4. The molecule has 0 amide bonds. The fourth-order valence-electron chi connectivity index (χ4n) is 3.23. The van der Waals surface area contributed by atoms with Crippen LogP contribution in [0.2, 0.25) is 0 Å². The number of hydrogen-bond donors (Lipinski definition) is 0.